The van der Waals surface area contributed by atoms with Crippen molar-refractivity contribution < 1.29 is 8.42 Å². The van der Waals surface area contributed by atoms with Crippen LogP contribution in [0.5, 0.6) is 0 Å². The monoisotopic (exact) mass is 296 g/mol. The average molecular weight is 296 g/mol. The largest absolute Gasteiger partial charge is 0.373 e. The van der Waals surface area contributed by atoms with Crippen LogP contribution in [0.1, 0.15) is 18.9 Å². The summed E-state index contributed by atoms with van der Waals surface area (Å²) < 4.78 is 22.9. The standard InChI is InChI=1S/C15H24N2O2S/c1-4-14-12-16(2)15-8-6-5-7-13(15)11-17(14)9-10-20(3,18)19/h5-8,14H,4,9-12H2,1-3H3/t14-/m1/s1. The second-order valence-corrected chi connectivity index (χ2v) is 7.93. The van der Waals surface area contributed by atoms with Gasteiger partial charge in [-0.2, -0.15) is 0 Å². The molecule has 1 aromatic rings. The van der Waals surface area contributed by atoms with Gasteiger partial charge in [0.1, 0.15) is 9.84 Å². The first-order chi connectivity index (χ1) is 9.40. The van der Waals surface area contributed by atoms with E-state index in [1.54, 1.807) is 0 Å². The van der Waals surface area contributed by atoms with Gasteiger partial charge in [-0.1, -0.05) is 25.1 Å². The van der Waals surface area contributed by atoms with Crippen LogP contribution >= 0.6 is 0 Å². The number of nitrogens with zero attached hydrogens (tertiary/aromatic N) is 2. The Morgan fingerprint density at radius 3 is 2.65 bits per heavy atom. The van der Waals surface area contributed by atoms with Crippen molar-refractivity contribution in [3.8, 4) is 0 Å². The number of sulfone groups is 1. The maximum atomic E-state index is 11.4. The van der Waals surface area contributed by atoms with Crippen molar-refractivity contribution in [1.29, 1.82) is 0 Å². The Kier molecular flexibility index (Phi) is 4.70. The van der Waals surface area contributed by atoms with Gasteiger partial charge in [0.15, 0.2) is 0 Å². The topological polar surface area (TPSA) is 40.6 Å². The van der Waals surface area contributed by atoms with Crippen LogP contribution in [0.2, 0.25) is 0 Å². The third-order valence-corrected chi connectivity index (χ3v) is 4.92. The number of hydrogen-bond donors (Lipinski definition) is 0. The molecule has 1 aliphatic heterocycles. The zero-order valence-electron chi connectivity index (χ0n) is 12.5. The fourth-order valence-corrected chi connectivity index (χ4v) is 3.39. The van der Waals surface area contributed by atoms with Gasteiger partial charge in [0.05, 0.1) is 5.75 Å². The number of rotatable bonds is 4. The van der Waals surface area contributed by atoms with Gasteiger partial charge in [0.25, 0.3) is 0 Å². The van der Waals surface area contributed by atoms with Gasteiger partial charge in [-0.15, -0.1) is 0 Å². The molecule has 0 unspecified atom stereocenters. The first kappa shape index (κ1) is 15.3. The molecule has 0 bridgehead atoms. The fourth-order valence-electron chi connectivity index (χ4n) is 2.83. The second kappa shape index (κ2) is 6.14. The third kappa shape index (κ3) is 3.73. The summed E-state index contributed by atoms with van der Waals surface area (Å²) in [4.78, 5) is 4.59. The second-order valence-electron chi connectivity index (χ2n) is 5.67. The van der Waals surface area contributed by atoms with E-state index in [1.807, 2.05) is 6.07 Å². The van der Waals surface area contributed by atoms with Gasteiger partial charge in [-0.05, 0) is 18.1 Å². The van der Waals surface area contributed by atoms with Crippen molar-refractivity contribution in [1.82, 2.24) is 4.90 Å². The summed E-state index contributed by atoms with van der Waals surface area (Å²) in [6.07, 6.45) is 2.34. The highest BCUT2D eigenvalue weighted by Gasteiger charge is 2.25. The van der Waals surface area contributed by atoms with E-state index in [1.165, 1.54) is 17.5 Å². The molecule has 1 atom stereocenters. The van der Waals surface area contributed by atoms with Crippen LogP contribution in [0.4, 0.5) is 5.69 Å². The van der Waals surface area contributed by atoms with Gasteiger partial charge in [-0.3, -0.25) is 4.90 Å². The van der Waals surface area contributed by atoms with E-state index in [-0.39, 0.29) is 5.75 Å². The summed E-state index contributed by atoms with van der Waals surface area (Å²) in [5, 5.41) is 0. The van der Waals surface area contributed by atoms with Crippen molar-refractivity contribution in [3.63, 3.8) is 0 Å². The number of likely N-dealkylation sites (N-methyl/N-ethyl adjacent to an activating group) is 1. The van der Waals surface area contributed by atoms with Gasteiger partial charge >= 0.3 is 0 Å². The molecule has 0 fully saturated rings. The zero-order chi connectivity index (χ0) is 14.8. The van der Waals surface area contributed by atoms with E-state index >= 15 is 0 Å². The highest BCUT2D eigenvalue weighted by atomic mass is 32.2. The van der Waals surface area contributed by atoms with Crippen LogP contribution < -0.4 is 4.90 Å². The number of hydrogen-bond acceptors (Lipinski definition) is 4. The molecule has 0 saturated heterocycles. The quantitative estimate of drug-likeness (QED) is 0.849. The molecule has 0 saturated carbocycles. The number of benzene rings is 1. The normalized spacial score (nSPS) is 20.6. The minimum Gasteiger partial charge on any atom is -0.373 e. The Morgan fingerprint density at radius 1 is 1.30 bits per heavy atom. The van der Waals surface area contributed by atoms with E-state index in [4.69, 9.17) is 0 Å². The minimum atomic E-state index is -2.91. The predicted molar refractivity (Wildman–Crippen MR) is 83.9 cm³/mol. The molecule has 0 aliphatic carbocycles. The fraction of sp³-hybridized carbons (Fsp3) is 0.600. The summed E-state index contributed by atoms with van der Waals surface area (Å²) in [5.74, 6) is 0.232. The highest BCUT2D eigenvalue weighted by molar-refractivity contribution is 7.90. The van der Waals surface area contributed by atoms with Crippen molar-refractivity contribution in [2.75, 3.05) is 37.0 Å². The molecule has 4 nitrogen and oxygen atoms in total. The molecular weight excluding hydrogens is 272 g/mol. The molecule has 0 aromatic heterocycles. The molecule has 112 valence electrons. The van der Waals surface area contributed by atoms with Crippen molar-refractivity contribution >= 4 is 15.5 Å². The maximum absolute atomic E-state index is 11.4. The van der Waals surface area contributed by atoms with Crippen LogP contribution in [-0.2, 0) is 16.4 Å². The molecule has 1 aromatic carbocycles. The summed E-state index contributed by atoms with van der Waals surface area (Å²) in [6.45, 7) is 4.55. The predicted octanol–water partition coefficient (Wildman–Crippen LogP) is 1.76. The summed E-state index contributed by atoms with van der Waals surface area (Å²) in [6, 6.07) is 8.78. The van der Waals surface area contributed by atoms with E-state index < -0.39 is 9.84 Å². The minimum absolute atomic E-state index is 0.232. The Hall–Kier alpha value is -1.07. The molecule has 0 N–H and O–H groups in total. The van der Waals surface area contributed by atoms with Crippen LogP contribution in [0.15, 0.2) is 24.3 Å². The average Bonchev–Trinajstić information content (AvgIpc) is 2.53. The molecule has 0 amide bonds. The van der Waals surface area contributed by atoms with Crippen molar-refractivity contribution in [2.24, 2.45) is 0 Å². The lowest BCUT2D eigenvalue weighted by Crippen LogP contribution is -2.41. The van der Waals surface area contributed by atoms with Crippen molar-refractivity contribution in [2.45, 2.75) is 25.9 Å². The van der Waals surface area contributed by atoms with E-state index in [2.05, 4.69) is 42.0 Å². The molecule has 2 rings (SSSR count). The smallest absolute Gasteiger partial charge is 0.148 e. The van der Waals surface area contributed by atoms with Gasteiger partial charge in [0, 0.05) is 44.7 Å². The van der Waals surface area contributed by atoms with Gasteiger partial charge in [-0.25, -0.2) is 8.42 Å². The molecule has 1 heterocycles. The van der Waals surface area contributed by atoms with E-state index in [9.17, 15) is 8.42 Å². The molecule has 5 heteroatoms. The van der Waals surface area contributed by atoms with Crippen LogP contribution in [0.25, 0.3) is 0 Å². The van der Waals surface area contributed by atoms with Gasteiger partial charge < -0.3 is 4.90 Å². The lowest BCUT2D eigenvalue weighted by molar-refractivity contribution is 0.202. The number of anilines is 1. The lowest BCUT2D eigenvalue weighted by Gasteiger charge is -2.30. The number of para-hydroxylation sites is 1. The molecular formula is C15H24N2O2S. The van der Waals surface area contributed by atoms with Gasteiger partial charge in [0.2, 0.25) is 0 Å². The Balaban J connectivity index is 2.22. The van der Waals surface area contributed by atoms with Crippen LogP contribution in [-0.4, -0.2) is 51.5 Å². The third-order valence-electron chi connectivity index (χ3n) is 4.00. The van der Waals surface area contributed by atoms with Crippen molar-refractivity contribution in [3.05, 3.63) is 29.8 Å². The summed E-state index contributed by atoms with van der Waals surface area (Å²) >= 11 is 0. The highest BCUT2D eigenvalue weighted by Crippen LogP contribution is 2.26. The summed E-state index contributed by atoms with van der Waals surface area (Å²) in [7, 11) is -0.801. The van der Waals surface area contributed by atoms with E-state index in [0.717, 1.165) is 19.5 Å². The van der Waals surface area contributed by atoms with Crippen LogP contribution in [0, 0.1) is 0 Å². The number of fused-ring (bicyclic) bond motifs is 1. The van der Waals surface area contributed by atoms with Crippen LogP contribution in [0.3, 0.4) is 0 Å². The maximum Gasteiger partial charge on any atom is 0.148 e. The molecule has 0 spiro atoms. The molecule has 20 heavy (non-hydrogen) atoms. The SMILES string of the molecule is CC[C@@H]1CN(C)c2ccccc2CN1CCS(C)(=O)=O. The molecule has 1 aliphatic rings. The first-order valence-corrected chi connectivity index (χ1v) is 9.17. The Labute approximate surface area is 122 Å². The first-order valence-electron chi connectivity index (χ1n) is 7.11. The lowest BCUT2D eigenvalue weighted by atomic mass is 10.1. The van der Waals surface area contributed by atoms with E-state index in [0.29, 0.717) is 12.6 Å². The molecule has 0 radical (unpaired) electrons. The Bertz CT molecular complexity index is 557. The summed E-state index contributed by atoms with van der Waals surface area (Å²) in [5.41, 5.74) is 2.53. The zero-order valence-corrected chi connectivity index (χ0v) is 13.4. The Morgan fingerprint density at radius 2 is 2.00 bits per heavy atom.